The van der Waals surface area contributed by atoms with Crippen LogP contribution in [-0.2, 0) is 0 Å². The monoisotopic (exact) mass is 226 g/mol. The Kier molecular flexibility index (Phi) is 4.74. The molecule has 15 heavy (non-hydrogen) atoms. The smallest absolute Gasteiger partial charge is 0.0900 e. The van der Waals surface area contributed by atoms with Crippen LogP contribution < -0.4 is 5.32 Å². The molecule has 0 bridgehead atoms. The molecule has 1 aromatic heterocycles. The number of aryl methyl sites for hydroxylation is 2. The van der Waals surface area contributed by atoms with E-state index in [0.717, 1.165) is 5.92 Å². The Hall–Kier alpha value is -0.410. The predicted molar refractivity (Wildman–Crippen MR) is 67.5 cm³/mol. The number of nitrogens with one attached hydrogen (secondary N) is 1. The largest absolute Gasteiger partial charge is 0.312 e. The highest BCUT2D eigenvalue weighted by Gasteiger charge is 2.15. The van der Waals surface area contributed by atoms with Crippen molar-refractivity contribution >= 4 is 11.3 Å². The Balaban J connectivity index is 2.69. The minimum Gasteiger partial charge on any atom is -0.312 e. The Labute approximate surface area is 97.1 Å². The molecular weight excluding hydrogens is 204 g/mol. The molecule has 0 aliphatic heterocycles. The third-order valence-corrected chi connectivity index (χ3v) is 3.82. The standard InChI is InChI=1S/C12H22N2S/c1-8(2)6-7-11(13-5)12-9(3)14-10(4)15-12/h8,11,13H,6-7H2,1-5H3. The zero-order valence-corrected chi connectivity index (χ0v) is 11.2. The Morgan fingerprint density at radius 2 is 1.93 bits per heavy atom. The van der Waals surface area contributed by atoms with Crippen LogP contribution >= 0.6 is 11.3 Å². The number of rotatable bonds is 5. The highest BCUT2D eigenvalue weighted by molar-refractivity contribution is 7.11. The van der Waals surface area contributed by atoms with Crippen molar-refractivity contribution in [2.45, 2.75) is 46.6 Å². The summed E-state index contributed by atoms with van der Waals surface area (Å²) in [6.07, 6.45) is 2.47. The number of hydrogen-bond acceptors (Lipinski definition) is 3. The number of thiazole rings is 1. The van der Waals surface area contributed by atoms with Crippen molar-refractivity contribution in [3.05, 3.63) is 15.6 Å². The Bertz CT molecular complexity index is 305. The molecule has 0 radical (unpaired) electrons. The van der Waals surface area contributed by atoms with Gasteiger partial charge in [0.2, 0.25) is 0 Å². The van der Waals surface area contributed by atoms with Gasteiger partial charge in [0, 0.05) is 10.9 Å². The molecule has 0 spiro atoms. The first kappa shape index (κ1) is 12.7. The summed E-state index contributed by atoms with van der Waals surface area (Å²) < 4.78 is 0. The summed E-state index contributed by atoms with van der Waals surface area (Å²) in [7, 11) is 2.04. The number of nitrogens with zero attached hydrogens (tertiary/aromatic N) is 1. The van der Waals surface area contributed by atoms with Crippen LogP contribution in [0.5, 0.6) is 0 Å². The SMILES string of the molecule is CNC(CCC(C)C)c1sc(C)nc1C. The molecule has 0 aliphatic carbocycles. The first-order valence-electron chi connectivity index (χ1n) is 5.65. The van der Waals surface area contributed by atoms with Gasteiger partial charge in [-0.3, -0.25) is 0 Å². The summed E-state index contributed by atoms with van der Waals surface area (Å²) in [5, 5.41) is 4.57. The first-order chi connectivity index (χ1) is 7.04. The average Bonchev–Trinajstić information content (AvgIpc) is 2.46. The fourth-order valence-corrected chi connectivity index (χ4v) is 2.85. The Morgan fingerprint density at radius 1 is 1.27 bits per heavy atom. The van der Waals surface area contributed by atoms with Crippen molar-refractivity contribution in [2.75, 3.05) is 7.05 Å². The molecular formula is C12H22N2S. The maximum absolute atomic E-state index is 4.49. The molecule has 3 heteroatoms. The normalized spacial score (nSPS) is 13.5. The van der Waals surface area contributed by atoms with Crippen LogP contribution in [0.1, 0.15) is 48.3 Å². The minimum atomic E-state index is 0.485. The van der Waals surface area contributed by atoms with Crippen molar-refractivity contribution in [2.24, 2.45) is 5.92 Å². The minimum absolute atomic E-state index is 0.485. The second-order valence-electron chi connectivity index (χ2n) is 4.50. The molecule has 86 valence electrons. The molecule has 1 atom stereocenters. The van der Waals surface area contributed by atoms with Crippen molar-refractivity contribution in [1.29, 1.82) is 0 Å². The van der Waals surface area contributed by atoms with Gasteiger partial charge in [-0.25, -0.2) is 4.98 Å². The van der Waals surface area contributed by atoms with Crippen LogP contribution in [0.15, 0.2) is 0 Å². The maximum Gasteiger partial charge on any atom is 0.0900 e. The van der Waals surface area contributed by atoms with Gasteiger partial charge in [-0.15, -0.1) is 11.3 Å². The van der Waals surface area contributed by atoms with Crippen LogP contribution in [0.2, 0.25) is 0 Å². The zero-order chi connectivity index (χ0) is 11.4. The van der Waals surface area contributed by atoms with Crippen molar-refractivity contribution in [3.8, 4) is 0 Å². The van der Waals surface area contributed by atoms with Crippen LogP contribution in [0.25, 0.3) is 0 Å². The summed E-state index contributed by atoms with van der Waals surface area (Å²) in [4.78, 5) is 5.90. The quantitative estimate of drug-likeness (QED) is 0.831. The highest BCUT2D eigenvalue weighted by Crippen LogP contribution is 2.28. The van der Waals surface area contributed by atoms with Crippen LogP contribution in [0, 0.1) is 19.8 Å². The van der Waals surface area contributed by atoms with Gasteiger partial charge in [0.1, 0.15) is 0 Å². The lowest BCUT2D eigenvalue weighted by atomic mass is 10.0. The van der Waals surface area contributed by atoms with Gasteiger partial charge in [0.05, 0.1) is 10.7 Å². The van der Waals surface area contributed by atoms with Crippen LogP contribution in [-0.4, -0.2) is 12.0 Å². The molecule has 2 nitrogen and oxygen atoms in total. The van der Waals surface area contributed by atoms with E-state index >= 15 is 0 Å². The van der Waals surface area contributed by atoms with E-state index in [1.807, 2.05) is 18.4 Å². The van der Waals surface area contributed by atoms with Crippen molar-refractivity contribution in [1.82, 2.24) is 10.3 Å². The summed E-state index contributed by atoms with van der Waals surface area (Å²) in [5.41, 5.74) is 1.20. The molecule has 0 saturated heterocycles. The van der Waals surface area contributed by atoms with E-state index in [-0.39, 0.29) is 0 Å². The van der Waals surface area contributed by atoms with E-state index in [2.05, 4.69) is 38.0 Å². The summed E-state index contributed by atoms with van der Waals surface area (Å²) in [5.74, 6) is 0.773. The summed E-state index contributed by atoms with van der Waals surface area (Å²) in [6.45, 7) is 8.74. The fraction of sp³-hybridized carbons (Fsp3) is 0.750. The van der Waals surface area contributed by atoms with Crippen molar-refractivity contribution in [3.63, 3.8) is 0 Å². The first-order valence-corrected chi connectivity index (χ1v) is 6.47. The van der Waals surface area contributed by atoms with Gasteiger partial charge in [-0.1, -0.05) is 13.8 Å². The van der Waals surface area contributed by atoms with E-state index < -0.39 is 0 Å². The predicted octanol–water partition coefficient (Wildman–Crippen LogP) is 3.46. The van der Waals surface area contributed by atoms with E-state index in [4.69, 9.17) is 0 Å². The lowest BCUT2D eigenvalue weighted by Gasteiger charge is -2.16. The second-order valence-corrected chi connectivity index (χ2v) is 5.73. The summed E-state index contributed by atoms with van der Waals surface area (Å²) >= 11 is 1.83. The van der Waals surface area contributed by atoms with E-state index in [0.29, 0.717) is 6.04 Å². The molecule has 0 aliphatic rings. The highest BCUT2D eigenvalue weighted by atomic mass is 32.1. The molecule has 0 amide bonds. The summed E-state index contributed by atoms with van der Waals surface area (Å²) in [6, 6.07) is 0.485. The molecule has 1 N–H and O–H groups in total. The third-order valence-electron chi connectivity index (χ3n) is 2.64. The van der Waals surface area contributed by atoms with E-state index in [1.54, 1.807) is 0 Å². The lowest BCUT2D eigenvalue weighted by molar-refractivity contribution is 0.468. The number of hydrogen-bond donors (Lipinski definition) is 1. The van der Waals surface area contributed by atoms with Crippen molar-refractivity contribution < 1.29 is 0 Å². The van der Waals surface area contributed by atoms with E-state index in [1.165, 1.54) is 28.4 Å². The maximum atomic E-state index is 4.49. The second kappa shape index (κ2) is 5.61. The molecule has 1 rings (SSSR count). The molecule has 1 heterocycles. The molecule has 0 aromatic carbocycles. The fourth-order valence-electron chi connectivity index (χ4n) is 1.78. The Morgan fingerprint density at radius 3 is 2.33 bits per heavy atom. The molecule has 1 aromatic rings. The lowest BCUT2D eigenvalue weighted by Crippen LogP contribution is -2.16. The topological polar surface area (TPSA) is 24.9 Å². The van der Waals surface area contributed by atoms with Crippen LogP contribution in [0.4, 0.5) is 0 Å². The van der Waals surface area contributed by atoms with Crippen LogP contribution in [0.3, 0.4) is 0 Å². The van der Waals surface area contributed by atoms with E-state index in [9.17, 15) is 0 Å². The van der Waals surface area contributed by atoms with Gasteiger partial charge >= 0.3 is 0 Å². The molecule has 0 fully saturated rings. The molecule has 0 saturated carbocycles. The van der Waals surface area contributed by atoms with Gasteiger partial charge in [0.25, 0.3) is 0 Å². The van der Waals surface area contributed by atoms with Gasteiger partial charge in [-0.2, -0.15) is 0 Å². The third kappa shape index (κ3) is 3.58. The van der Waals surface area contributed by atoms with Gasteiger partial charge in [0.15, 0.2) is 0 Å². The number of aromatic nitrogens is 1. The molecule has 1 unspecified atom stereocenters. The zero-order valence-electron chi connectivity index (χ0n) is 10.4. The van der Waals surface area contributed by atoms with Gasteiger partial charge in [-0.05, 0) is 39.7 Å². The van der Waals surface area contributed by atoms with Gasteiger partial charge < -0.3 is 5.32 Å². The average molecular weight is 226 g/mol.